The van der Waals surface area contributed by atoms with Gasteiger partial charge in [-0.3, -0.25) is 0 Å². The van der Waals surface area contributed by atoms with Crippen LogP contribution in [0.5, 0.6) is 0 Å². The van der Waals surface area contributed by atoms with Gasteiger partial charge in [0, 0.05) is 6.42 Å². The predicted molar refractivity (Wildman–Crippen MR) is 59.1 cm³/mol. The Morgan fingerprint density at radius 3 is 2.20 bits per heavy atom. The van der Waals surface area contributed by atoms with Crippen molar-refractivity contribution in [3.05, 3.63) is 0 Å². The summed E-state index contributed by atoms with van der Waals surface area (Å²) in [5, 5.41) is 28.1. The molecular formula is C11H16O9. The summed E-state index contributed by atoms with van der Waals surface area (Å²) in [4.78, 5) is 40.6. The van der Waals surface area contributed by atoms with Gasteiger partial charge in [-0.1, -0.05) is 26.7 Å². The highest BCUT2D eigenvalue weighted by Crippen LogP contribution is 2.27. The van der Waals surface area contributed by atoms with Crippen LogP contribution in [0.1, 0.15) is 33.1 Å². The third-order valence-electron chi connectivity index (χ3n) is 3.00. The first-order valence-electron chi connectivity index (χ1n) is 6.01. The Bertz CT molecular complexity index is 412. The number of rotatable bonds is 6. The lowest BCUT2D eigenvalue weighted by Crippen LogP contribution is -2.42. The van der Waals surface area contributed by atoms with Gasteiger partial charge in [0.2, 0.25) is 0 Å². The molecule has 1 heterocycles. The second-order valence-electron chi connectivity index (χ2n) is 4.48. The summed E-state index contributed by atoms with van der Waals surface area (Å²) in [6, 6.07) is 0. The van der Waals surface area contributed by atoms with E-state index in [-0.39, 0.29) is 12.3 Å². The van der Waals surface area contributed by atoms with Crippen molar-refractivity contribution in [2.75, 3.05) is 0 Å². The summed E-state index contributed by atoms with van der Waals surface area (Å²) >= 11 is 0. The molecule has 0 aromatic heterocycles. The van der Waals surface area contributed by atoms with Gasteiger partial charge in [0.25, 0.3) is 5.79 Å². The first kappa shape index (κ1) is 16.3. The molecule has 0 aliphatic carbocycles. The molecule has 9 heteroatoms. The average molecular weight is 292 g/mol. The predicted octanol–water partition coefficient (Wildman–Crippen LogP) is -1.26. The van der Waals surface area contributed by atoms with Crippen LogP contribution in [0.15, 0.2) is 0 Å². The van der Waals surface area contributed by atoms with E-state index in [1.165, 1.54) is 0 Å². The zero-order valence-electron chi connectivity index (χ0n) is 11.0. The molecular weight excluding hydrogens is 276 g/mol. The molecule has 1 fully saturated rings. The summed E-state index contributed by atoms with van der Waals surface area (Å²) in [6.45, 7) is 3.61. The van der Waals surface area contributed by atoms with Gasteiger partial charge >= 0.3 is 23.7 Å². The molecule has 1 aliphatic rings. The lowest BCUT2D eigenvalue weighted by Gasteiger charge is -2.22. The van der Waals surface area contributed by atoms with Gasteiger partial charge in [-0.05, 0) is 5.92 Å². The number of cyclic esters (lactones) is 1. The number of hydrogen-bond acceptors (Lipinski definition) is 9. The number of epoxide rings is 1. The summed E-state index contributed by atoms with van der Waals surface area (Å²) in [5.41, 5.74) is 0. The van der Waals surface area contributed by atoms with Gasteiger partial charge in [0.1, 0.15) is 0 Å². The van der Waals surface area contributed by atoms with Crippen LogP contribution in [-0.4, -0.2) is 44.8 Å². The van der Waals surface area contributed by atoms with Crippen molar-refractivity contribution in [1.82, 2.24) is 0 Å². The van der Waals surface area contributed by atoms with Crippen molar-refractivity contribution in [2.45, 2.75) is 44.7 Å². The van der Waals surface area contributed by atoms with Gasteiger partial charge in [-0.25, -0.2) is 24.2 Å². The Labute approximate surface area is 114 Å². The molecule has 3 N–H and O–H groups in total. The molecule has 114 valence electrons. The number of hydrogen-bond donors (Lipinski definition) is 3. The van der Waals surface area contributed by atoms with Gasteiger partial charge < -0.3 is 20.1 Å². The summed E-state index contributed by atoms with van der Waals surface area (Å²) in [7, 11) is 0. The van der Waals surface area contributed by atoms with E-state index in [2.05, 4.69) is 14.5 Å². The van der Waals surface area contributed by atoms with Crippen LogP contribution < -0.4 is 0 Å². The molecule has 1 rings (SSSR count). The third kappa shape index (κ3) is 3.44. The maximum absolute atomic E-state index is 11.4. The summed E-state index contributed by atoms with van der Waals surface area (Å²) < 4.78 is 3.91. The zero-order valence-corrected chi connectivity index (χ0v) is 11.0. The second kappa shape index (κ2) is 5.73. The molecule has 0 aromatic carbocycles. The average Bonchev–Trinajstić information content (AvgIpc) is 3.01. The zero-order chi connectivity index (χ0) is 15.6. The van der Waals surface area contributed by atoms with E-state index in [4.69, 9.17) is 5.11 Å². The first-order chi connectivity index (χ1) is 9.17. The molecule has 1 aliphatic heterocycles. The number of carbonyl (C=O) groups excluding carboxylic acids is 3. The smallest absolute Gasteiger partial charge is 0.407 e. The maximum atomic E-state index is 11.4. The van der Waals surface area contributed by atoms with E-state index >= 15 is 0 Å². The summed E-state index contributed by atoms with van der Waals surface area (Å²) in [6.07, 6.45) is 0.902. The molecule has 20 heavy (non-hydrogen) atoms. The second-order valence-corrected chi connectivity index (χ2v) is 4.48. The Kier molecular flexibility index (Phi) is 4.69. The van der Waals surface area contributed by atoms with Crippen LogP contribution in [0.4, 0.5) is 0 Å². The number of ether oxygens (including phenoxy) is 1. The normalized spacial score (nSPS) is 21.4. The van der Waals surface area contributed by atoms with E-state index in [0.717, 1.165) is 0 Å². The molecule has 9 nitrogen and oxygen atoms in total. The molecule has 1 atom stereocenters. The molecule has 0 bridgehead atoms. The van der Waals surface area contributed by atoms with Crippen molar-refractivity contribution in [3.8, 4) is 0 Å². The van der Waals surface area contributed by atoms with Crippen molar-refractivity contribution < 1.29 is 44.2 Å². The highest BCUT2D eigenvalue weighted by atomic mass is 17.2. The van der Waals surface area contributed by atoms with E-state index in [1.54, 1.807) is 13.8 Å². The molecule has 1 unspecified atom stereocenters. The van der Waals surface area contributed by atoms with Crippen LogP contribution in [0.25, 0.3) is 0 Å². The van der Waals surface area contributed by atoms with Crippen LogP contribution in [0.3, 0.4) is 0 Å². The monoisotopic (exact) mass is 292 g/mol. The van der Waals surface area contributed by atoms with Gasteiger partial charge in [-0.15, -0.1) is 0 Å². The van der Waals surface area contributed by atoms with Crippen molar-refractivity contribution in [2.24, 2.45) is 5.92 Å². The number of aliphatic hydroxyl groups is 3. The van der Waals surface area contributed by atoms with Crippen LogP contribution in [0, 0.1) is 5.92 Å². The molecule has 0 saturated carbocycles. The van der Waals surface area contributed by atoms with Crippen molar-refractivity contribution in [1.29, 1.82) is 0 Å². The van der Waals surface area contributed by atoms with Crippen LogP contribution >= 0.6 is 0 Å². The molecule has 0 radical (unpaired) electrons. The summed E-state index contributed by atoms with van der Waals surface area (Å²) in [5.74, 6) is -10.3. The molecule has 1 saturated heterocycles. The minimum absolute atomic E-state index is 0.147. The minimum Gasteiger partial charge on any atom is -0.407 e. The SMILES string of the molecule is CCC(CC)CC(O)(O)C(=O)OOC(=O)C1(O)OC1=O. The lowest BCUT2D eigenvalue weighted by atomic mass is 9.94. The third-order valence-corrected chi connectivity index (χ3v) is 3.00. The van der Waals surface area contributed by atoms with Gasteiger partial charge in [0.05, 0.1) is 0 Å². The lowest BCUT2D eigenvalue weighted by molar-refractivity contribution is -0.297. The quantitative estimate of drug-likeness (QED) is 0.180. The fourth-order valence-corrected chi connectivity index (χ4v) is 1.50. The highest BCUT2D eigenvalue weighted by molar-refractivity contribution is 6.11. The highest BCUT2D eigenvalue weighted by Gasteiger charge is 2.67. The van der Waals surface area contributed by atoms with E-state index in [9.17, 15) is 24.6 Å². The number of carbonyl (C=O) groups is 3. The van der Waals surface area contributed by atoms with Crippen molar-refractivity contribution in [3.63, 3.8) is 0 Å². The molecule has 0 aromatic rings. The minimum atomic E-state index is -2.84. The van der Waals surface area contributed by atoms with E-state index in [1.807, 2.05) is 0 Å². The fourth-order valence-electron chi connectivity index (χ4n) is 1.50. The Morgan fingerprint density at radius 2 is 1.80 bits per heavy atom. The Hall–Kier alpha value is -1.71. The topological polar surface area (TPSA) is 143 Å². The van der Waals surface area contributed by atoms with Gasteiger partial charge in [0.15, 0.2) is 0 Å². The molecule has 0 amide bonds. The van der Waals surface area contributed by atoms with Crippen molar-refractivity contribution >= 4 is 17.9 Å². The Balaban J connectivity index is 2.49. The first-order valence-corrected chi connectivity index (χ1v) is 6.01. The Morgan fingerprint density at radius 1 is 1.30 bits per heavy atom. The molecule has 0 spiro atoms. The van der Waals surface area contributed by atoms with E-state index in [0.29, 0.717) is 12.8 Å². The standard InChI is InChI=1S/C11H16O9/c1-3-6(4-2)5-10(15,16)7(12)19-20-9(14)11(17)8(13)18-11/h6,15-17H,3-5H2,1-2H3. The van der Waals surface area contributed by atoms with Crippen LogP contribution in [-0.2, 0) is 28.9 Å². The van der Waals surface area contributed by atoms with Gasteiger partial charge in [-0.2, -0.15) is 0 Å². The largest absolute Gasteiger partial charge is 0.439 e. The van der Waals surface area contributed by atoms with Crippen LogP contribution in [0.2, 0.25) is 0 Å². The van der Waals surface area contributed by atoms with E-state index < -0.39 is 29.5 Å². The fraction of sp³-hybridized carbons (Fsp3) is 0.727. The maximum Gasteiger partial charge on any atom is 0.439 e.